The molecule has 1 saturated carbocycles. The fourth-order valence-corrected chi connectivity index (χ4v) is 3.02. The maximum atomic E-state index is 12.4. The van der Waals surface area contributed by atoms with Crippen LogP contribution >= 0.6 is 0 Å². The molecule has 0 bridgehead atoms. The molecule has 2 N–H and O–H groups in total. The number of para-hydroxylation sites is 2. The monoisotopic (exact) mass is 305 g/mol. The van der Waals surface area contributed by atoms with Gasteiger partial charge in [0.15, 0.2) is 0 Å². The van der Waals surface area contributed by atoms with Gasteiger partial charge in [0.05, 0.1) is 17.5 Å². The van der Waals surface area contributed by atoms with Crippen LogP contribution in [0.3, 0.4) is 0 Å². The second-order valence-corrected chi connectivity index (χ2v) is 6.33. The second kappa shape index (κ2) is 7.49. The zero-order valence-corrected chi connectivity index (χ0v) is 13.7. The molecule has 5 nitrogen and oxygen atoms in total. The van der Waals surface area contributed by atoms with E-state index in [1.54, 1.807) is 11.9 Å². The number of benzene rings is 1. The van der Waals surface area contributed by atoms with Crippen molar-refractivity contribution >= 4 is 17.4 Å². The summed E-state index contributed by atoms with van der Waals surface area (Å²) in [5.74, 6) is 0.189. The van der Waals surface area contributed by atoms with Gasteiger partial charge in [0.1, 0.15) is 0 Å². The summed E-state index contributed by atoms with van der Waals surface area (Å²) in [6.45, 7) is 0.594. The average molecular weight is 305 g/mol. The number of carbonyl (C=O) groups is 1. The molecule has 0 aliphatic heterocycles. The first-order valence-corrected chi connectivity index (χ1v) is 7.95. The first-order valence-electron chi connectivity index (χ1n) is 7.95. The van der Waals surface area contributed by atoms with Crippen LogP contribution in [0.2, 0.25) is 0 Å². The molecule has 2 rings (SSSR count). The Morgan fingerprint density at radius 1 is 1.23 bits per heavy atom. The smallest absolute Gasteiger partial charge is 0.321 e. The minimum absolute atomic E-state index is 0.132. The molecule has 122 valence electrons. The number of anilines is 2. The number of hydrogen-bond donors (Lipinski definition) is 2. The van der Waals surface area contributed by atoms with Gasteiger partial charge in [0.25, 0.3) is 0 Å². The lowest BCUT2D eigenvalue weighted by atomic mass is 9.86. The minimum atomic E-state index is -0.280. The SMILES string of the molecule is CN(CC1CCCCC1O)C(=O)Nc1ccccc1N(C)C. The maximum Gasteiger partial charge on any atom is 0.321 e. The minimum Gasteiger partial charge on any atom is -0.393 e. The van der Waals surface area contributed by atoms with Gasteiger partial charge in [-0.3, -0.25) is 0 Å². The highest BCUT2D eigenvalue weighted by Gasteiger charge is 2.25. The zero-order chi connectivity index (χ0) is 16.1. The number of nitrogens with one attached hydrogen (secondary N) is 1. The van der Waals surface area contributed by atoms with Crippen LogP contribution in [0.1, 0.15) is 25.7 Å². The molecule has 0 spiro atoms. The number of hydrogen-bond acceptors (Lipinski definition) is 3. The Balaban J connectivity index is 1.96. The predicted molar refractivity (Wildman–Crippen MR) is 90.4 cm³/mol. The summed E-state index contributed by atoms with van der Waals surface area (Å²) < 4.78 is 0. The summed E-state index contributed by atoms with van der Waals surface area (Å²) in [7, 11) is 5.69. The summed E-state index contributed by atoms with van der Waals surface area (Å²) in [6.07, 6.45) is 3.79. The normalized spacial score (nSPS) is 21.3. The number of urea groups is 1. The van der Waals surface area contributed by atoms with E-state index in [0.717, 1.165) is 37.1 Å². The molecule has 0 heterocycles. The van der Waals surface area contributed by atoms with Crippen molar-refractivity contribution in [3.8, 4) is 0 Å². The standard InChI is InChI=1S/C17H27N3O2/c1-19(2)15-10-6-5-9-14(15)18-17(22)20(3)12-13-8-4-7-11-16(13)21/h5-6,9-10,13,16,21H,4,7-8,11-12H2,1-3H3,(H,18,22). The fourth-order valence-electron chi connectivity index (χ4n) is 3.02. The van der Waals surface area contributed by atoms with E-state index >= 15 is 0 Å². The van der Waals surface area contributed by atoms with Crippen molar-refractivity contribution in [1.29, 1.82) is 0 Å². The molecule has 2 atom stereocenters. The molecular weight excluding hydrogens is 278 g/mol. The summed E-state index contributed by atoms with van der Waals surface area (Å²) in [6, 6.07) is 7.60. The summed E-state index contributed by atoms with van der Waals surface area (Å²) in [5, 5.41) is 13.0. The summed E-state index contributed by atoms with van der Waals surface area (Å²) in [5.41, 5.74) is 1.77. The molecule has 0 radical (unpaired) electrons. The number of nitrogens with zero attached hydrogens (tertiary/aromatic N) is 2. The second-order valence-electron chi connectivity index (χ2n) is 6.33. The first-order chi connectivity index (χ1) is 10.5. The number of aliphatic hydroxyl groups excluding tert-OH is 1. The molecule has 1 aliphatic rings. The van der Waals surface area contributed by atoms with Gasteiger partial charge in [-0.1, -0.05) is 25.0 Å². The van der Waals surface area contributed by atoms with E-state index in [9.17, 15) is 9.90 Å². The van der Waals surface area contributed by atoms with Gasteiger partial charge in [-0.25, -0.2) is 4.79 Å². The van der Waals surface area contributed by atoms with Gasteiger partial charge < -0.3 is 20.2 Å². The van der Waals surface area contributed by atoms with Crippen LogP contribution in [-0.2, 0) is 0 Å². The Morgan fingerprint density at radius 2 is 1.91 bits per heavy atom. The zero-order valence-electron chi connectivity index (χ0n) is 13.7. The highest BCUT2D eigenvalue weighted by atomic mass is 16.3. The van der Waals surface area contributed by atoms with Crippen LogP contribution < -0.4 is 10.2 Å². The molecule has 1 fully saturated rings. The number of amides is 2. The Bertz CT molecular complexity index is 504. The third kappa shape index (κ3) is 4.13. The Morgan fingerprint density at radius 3 is 2.59 bits per heavy atom. The van der Waals surface area contributed by atoms with Crippen molar-refractivity contribution in [2.45, 2.75) is 31.8 Å². The molecule has 2 unspecified atom stereocenters. The Kier molecular flexibility index (Phi) is 5.66. The third-order valence-corrected chi connectivity index (χ3v) is 4.35. The molecule has 5 heteroatoms. The van der Waals surface area contributed by atoms with Crippen molar-refractivity contribution in [2.75, 3.05) is 37.9 Å². The van der Waals surface area contributed by atoms with Gasteiger partial charge >= 0.3 is 6.03 Å². The largest absolute Gasteiger partial charge is 0.393 e. The third-order valence-electron chi connectivity index (χ3n) is 4.35. The van der Waals surface area contributed by atoms with Crippen molar-refractivity contribution in [2.24, 2.45) is 5.92 Å². The van der Waals surface area contributed by atoms with Crippen LogP contribution in [0.25, 0.3) is 0 Å². The predicted octanol–water partition coefficient (Wildman–Crippen LogP) is 2.77. The Labute approximate surface area is 132 Å². The molecule has 0 aromatic heterocycles. The first kappa shape index (κ1) is 16.6. The Hall–Kier alpha value is -1.75. The van der Waals surface area contributed by atoms with Crippen molar-refractivity contribution < 1.29 is 9.90 Å². The number of aliphatic hydroxyl groups is 1. The van der Waals surface area contributed by atoms with E-state index in [1.165, 1.54) is 0 Å². The highest BCUT2D eigenvalue weighted by Crippen LogP contribution is 2.26. The van der Waals surface area contributed by atoms with E-state index in [4.69, 9.17) is 0 Å². The lowest BCUT2D eigenvalue weighted by Crippen LogP contribution is -2.40. The van der Waals surface area contributed by atoms with Gasteiger partial charge in [-0.2, -0.15) is 0 Å². The highest BCUT2D eigenvalue weighted by molar-refractivity contribution is 5.93. The number of rotatable bonds is 4. The van der Waals surface area contributed by atoms with Gasteiger partial charge in [0, 0.05) is 33.6 Å². The molecular formula is C17H27N3O2. The van der Waals surface area contributed by atoms with E-state index in [2.05, 4.69) is 5.32 Å². The van der Waals surface area contributed by atoms with Crippen molar-refractivity contribution in [1.82, 2.24) is 4.90 Å². The van der Waals surface area contributed by atoms with E-state index in [1.807, 2.05) is 43.3 Å². The average Bonchev–Trinajstić information content (AvgIpc) is 2.49. The van der Waals surface area contributed by atoms with Crippen molar-refractivity contribution in [3.05, 3.63) is 24.3 Å². The molecule has 1 aromatic rings. The van der Waals surface area contributed by atoms with E-state index in [-0.39, 0.29) is 18.1 Å². The van der Waals surface area contributed by atoms with Crippen LogP contribution in [0.15, 0.2) is 24.3 Å². The number of carbonyl (C=O) groups excluding carboxylic acids is 1. The van der Waals surface area contributed by atoms with Gasteiger partial charge in [-0.05, 0) is 25.0 Å². The van der Waals surface area contributed by atoms with Gasteiger partial charge in [0.2, 0.25) is 0 Å². The van der Waals surface area contributed by atoms with E-state index in [0.29, 0.717) is 6.54 Å². The molecule has 0 saturated heterocycles. The van der Waals surface area contributed by atoms with Crippen LogP contribution in [0.5, 0.6) is 0 Å². The molecule has 1 aromatic carbocycles. The fraction of sp³-hybridized carbons (Fsp3) is 0.588. The summed E-state index contributed by atoms with van der Waals surface area (Å²) in [4.78, 5) is 16.0. The molecule has 1 aliphatic carbocycles. The van der Waals surface area contributed by atoms with Crippen LogP contribution in [-0.4, -0.2) is 49.8 Å². The lowest BCUT2D eigenvalue weighted by molar-refractivity contribution is 0.0575. The topological polar surface area (TPSA) is 55.8 Å². The van der Waals surface area contributed by atoms with Crippen LogP contribution in [0, 0.1) is 5.92 Å². The van der Waals surface area contributed by atoms with Crippen LogP contribution in [0.4, 0.5) is 16.2 Å². The quantitative estimate of drug-likeness (QED) is 0.899. The van der Waals surface area contributed by atoms with Crippen molar-refractivity contribution in [3.63, 3.8) is 0 Å². The summed E-state index contributed by atoms with van der Waals surface area (Å²) >= 11 is 0. The molecule has 22 heavy (non-hydrogen) atoms. The van der Waals surface area contributed by atoms with E-state index < -0.39 is 0 Å². The maximum absolute atomic E-state index is 12.4. The molecule has 2 amide bonds. The van der Waals surface area contributed by atoms with Gasteiger partial charge in [-0.15, -0.1) is 0 Å². The lowest BCUT2D eigenvalue weighted by Gasteiger charge is -2.31.